The number of nitrogens with one attached hydrogen (secondary N) is 1. The fourth-order valence-electron chi connectivity index (χ4n) is 4.18. The van der Waals surface area contributed by atoms with Gasteiger partial charge in [-0.2, -0.15) is 0 Å². The molecule has 1 heterocycles. The van der Waals surface area contributed by atoms with Gasteiger partial charge in [0.05, 0.1) is 6.04 Å². The molecule has 1 aromatic carbocycles. The van der Waals surface area contributed by atoms with Crippen LogP contribution < -0.4 is 5.32 Å². The quantitative estimate of drug-likeness (QED) is 0.873. The minimum atomic E-state index is -0.00294. The highest BCUT2D eigenvalue weighted by Gasteiger charge is 2.30. The molecule has 4 nitrogen and oxygen atoms in total. The number of aliphatic hydroxyl groups excluding tert-OH is 1. The molecule has 1 fully saturated rings. The molecule has 132 valence electrons. The van der Waals surface area contributed by atoms with Gasteiger partial charge in [-0.15, -0.1) is 0 Å². The zero-order chi connectivity index (χ0) is 17.0. The summed E-state index contributed by atoms with van der Waals surface area (Å²) in [5.41, 5.74) is 2.67. The zero-order valence-electron chi connectivity index (χ0n) is 14.8. The smallest absolute Gasteiger partial charge is 0.221 e. The van der Waals surface area contributed by atoms with E-state index in [9.17, 15) is 9.90 Å². The third-order valence-electron chi connectivity index (χ3n) is 5.60. The summed E-state index contributed by atoms with van der Waals surface area (Å²) in [4.78, 5) is 14.7. The molecule has 24 heavy (non-hydrogen) atoms. The number of likely N-dealkylation sites (tertiary alicyclic amines) is 1. The Morgan fingerprint density at radius 3 is 3.04 bits per heavy atom. The Kier molecular flexibility index (Phi) is 5.57. The van der Waals surface area contributed by atoms with Crippen molar-refractivity contribution < 1.29 is 9.90 Å². The Balaban J connectivity index is 1.50. The molecule has 1 saturated heterocycles. The van der Waals surface area contributed by atoms with E-state index in [1.165, 1.54) is 11.1 Å². The zero-order valence-corrected chi connectivity index (χ0v) is 14.8. The van der Waals surface area contributed by atoms with Crippen LogP contribution in [0, 0.1) is 5.41 Å². The third kappa shape index (κ3) is 4.17. The van der Waals surface area contributed by atoms with Gasteiger partial charge in [0.15, 0.2) is 0 Å². The van der Waals surface area contributed by atoms with Gasteiger partial charge in [-0.1, -0.05) is 31.2 Å². The van der Waals surface area contributed by atoms with E-state index in [2.05, 4.69) is 41.4 Å². The van der Waals surface area contributed by atoms with Crippen LogP contribution in [0.1, 0.15) is 56.2 Å². The number of aliphatic hydroxyl groups is 1. The average Bonchev–Trinajstić information content (AvgIpc) is 2.60. The number of hydrogen-bond donors (Lipinski definition) is 2. The fourth-order valence-corrected chi connectivity index (χ4v) is 4.18. The van der Waals surface area contributed by atoms with Gasteiger partial charge in [0.1, 0.15) is 0 Å². The first kappa shape index (κ1) is 17.4. The van der Waals surface area contributed by atoms with E-state index in [0.29, 0.717) is 6.42 Å². The van der Waals surface area contributed by atoms with Crippen LogP contribution in [0.25, 0.3) is 0 Å². The maximum absolute atomic E-state index is 12.4. The third-order valence-corrected chi connectivity index (χ3v) is 5.60. The van der Waals surface area contributed by atoms with E-state index in [1.54, 1.807) is 0 Å². The molecule has 1 amide bonds. The predicted molar refractivity (Wildman–Crippen MR) is 95.7 cm³/mol. The van der Waals surface area contributed by atoms with Crippen molar-refractivity contribution in [2.45, 2.75) is 51.5 Å². The van der Waals surface area contributed by atoms with Crippen molar-refractivity contribution in [1.29, 1.82) is 0 Å². The van der Waals surface area contributed by atoms with Crippen molar-refractivity contribution >= 4 is 5.91 Å². The molecule has 2 unspecified atom stereocenters. The van der Waals surface area contributed by atoms with Gasteiger partial charge < -0.3 is 15.3 Å². The van der Waals surface area contributed by atoms with E-state index in [1.807, 2.05) is 0 Å². The summed E-state index contributed by atoms with van der Waals surface area (Å²) in [5.74, 6) is 0.146. The molecule has 0 saturated carbocycles. The highest BCUT2D eigenvalue weighted by atomic mass is 16.3. The van der Waals surface area contributed by atoms with Gasteiger partial charge in [0.2, 0.25) is 5.91 Å². The monoisotopic (exact) mass is 330 g/mol. The second-order valence-corrected chi connectivity index (χ2v) is 7.81. The van der Waals surface area contributed by atoms with Gasteiger partial charge in [-0.25, -0.2) is 0 Å². The van der Waals surface area contributed by atoms with Crippen LogP contribution in [0.3, 0.4) is 0 Å². The molecular formula is C20H30N2O2. The molecule has 0 aromatic heterocycles. The number of nitrogens with zero attached hydrogens (tertiary/aromatic N) is 1. The molecule has 2 atom stereocenters. The highest BCUT2D eigenvalue weighted by molar-refractivity contribution is 5.76. The standard InChI is InChI=1S/C20H30N2O2/c1-20(15-23)11-5-12-22(14-20)13-10-19(24)21-18-9-4-7-16-6-2-3-8-17(16)18/h2-3,6,8,18,23H,4-5,7,9-15H2,1H3,(H,21,24). The normalized spacial score (nSPS) is 27.5. The molecule has 0 radical (unpaired) electrons. The average molecular weight is 330 g/mol. The second kappa shape index (κ2) is 7.66. The number of carbonyl (C=O) groups is 1. The summed E-state index contributed by atoms with van der Waals surface area (Å²) in [5, 5.41) is 12.8. The maximum atomic E-state index is 12.4. The lowest BCUT2D eigenvalue weighted by Crippen LogP contribution is -2.45. The number of amides is 1. The lowest BCUT2D eigenvalue weighted by Gasteiger charge is -2.39. The molecule has 0 bridgehead atoms. The Labute approximate surface area is 145 Å². The number of benzene rings is 1. The minimum absolute atomic E-state index is 0.00294. The van der Waals surface area contributed by atoms with Crippen LogP contribution in [0.5, 0.6) is 0 Å². The Morgan fingerprint density at radius 2 is 2.21 bits per heavy atom. The van der Waals surface area contributed by atoms with Gasteiger partial charge in [0.25, 0.3) is 0 Å². The second-order valence-electron chi connectivity index (χ2n) is 7.81. The van der Waals surface area contributed by atoms with Gasteiger partial charge in [-0.3, -0.25) is 4.79 Å². The molecule has 1 aliphatic carbocycles. The number of fused-ring (bicyclic) bond motifs is 1. The van der Waals surface area contributed by atoms with Crippen molar-refractivity contribution in [3.8, 4) is 0 Å². The van der Waals surface area contributed by atoms with Crippen LogP contribution >= 0.6 is 0 Å². The molecule has 0 spiro atoms. The number of piperidine rings is 1. The summed E-state index contributed by atoms with van der Waals surface area (Å²) in [6.45, 7) is 5.08. The minimum Gasteiger partial charge on any atom is -0.396 e. The Hall–Kier alpha value is -1.39. The van der Waals surface area contributed by atoms with E-state index in [4.69, 9.17) is 0 Å². The van der Waals surface area contributed by atoms with Crippen molar-refractivity contribution in [1.82, 2.24) is 10.2 Å². The first-order chi connectivity index (χ1) is 11.6. The summed E-state index contributed by atoms with van der Waals surface area (Å²) < 4.78 is 0. The molecule has 1 aliphatic heterocycles. The summed E-state index contributed by atoms with van der Waals surface area (Å²) in [7, 11) is 0. The topological polar surface area (TPSA) is 52.6 Å². The van der Waals surface area contributed by atoms with Crippen molar-refractivity contribution in [2.75, 3.05) is 26.2 Å². The van der Waals surface area contributed by atoms with Crippen LogP contribution in [-0.2, 0) is 11.2 Å². The van der Waals surface area contributed by atoms with Crippen molar-refractivity contribution in [3.63, 3.8) is 0 Å². The van der Waals surface area contributed by atoms with Gasteiger partial charge >= 0.3 is 0 Å². The first-order valence-corrected chi connectivity index (χ1v) is 9.30. The lowest BCUT2D eigenvalue weighted by molar-refractivity contribution is -0.122. The summed E-state index contributed by atoms with van der Waals surface area (Å²) >= 11 is 0. The molecular weight excluding hydrogens is 300 g/mol. The van der Waals surface area contributed by atoms with Crippen LogP contribution in [0.15, 0.2) is 24.3 Å². The van der Waals surface area contributed by atoms with Crippen LogP contribution in [-0.4, -0.2) is 42.2 Å². The lowest BCUT2D eigenvalue weighted by atomic mass is 9.83. The molecule has 4 heteroatoms. The van der Waals surface area contributed by atoms with Crippen molar-refractivity contribution in [3.05, 3.63) is 35.4 Å². The number of hydrogen-bond acceptors (Lipinski definition) is 3. The molecule has 3 rings (SSSR count). The Bertz CT molecular complexity index is 575. The largest absolute Gasteiger partial charge is 0.396 e. The van der Waals surface area contributed by atoms with E-state index >= 15 is 0 Å². The summed E-state index contributed by atoms with van der Waals surface area (Å²) in [6, 6.07) is 8.64. The number of aryl methyl sites for hydroxylation is 1. The fraction of sp³-hybridized carbons (Fsp3) is 0.650. The summed E-state index contributed by atoms with van der Waals surface area (Å²) in [6.07, 6.45) is 6.02. The van der Waals surface area contributed by atoms with Gasteiger partial charge in [-0.05, 0) is 49.8 Å². The maximum Gasteiger partial charge on any atom is 0.221 e. The first-order valence-electron chi connectivity index (χ1n) is 9.30. The van der Waals surface area contributed by atoms with E-state index in [0.717, 1.165) is 51.7 Å². The number of rotatable bonds is 5. The van der Waals surface area contributed by atoms with Crippen LogP contribution in [0.2, 0.25) is 0 Å². The van der Waals surface area contributed by atoms with E-state index in [-0.39, 0.29) is 24.0 Å². The highest BCUT2D eigenvalue weighted by Crippen LogP contribution is 2.30. The van der Waals surface area contributed by atoms with Gasteiger partial charge in [0, 0.05) is 31.5 Å². The molecule has 2 aliphatic rings. The molecule has 2 N–H and O–H groups in total. The Morgan fingerprint density at radius 1 is 1.38 bits per heavy atom. The predicted octanol–water partition coefficient (Wildman–Crippen LogP) is 2.66. The van der Waals surface area contributed by atoms with E-state index < -0.39 is 0 Å². The number of carbonyl (C=O) groups excluding carboxylic acids is 1. The van der Waals surface area contributed by atoms with Crippen LogP contribution in [0.4, 0.5) is 0 Å². The van der Waals surface area contributed by atoms with Crippen molar-refractivity contribution in [2.24, 2.45) is 5.41 Å². The molecule has 1 aromatic rings. The SMILES string of the molecule is CC1(CO)CCCN(CCC(=O)NC2CCCc3ccccc32)C1.